The number of rotatable bonds is 3. The van der Waals surface area contributed by atoms with E-state index in [1.54, 1.807) is 0 Å². The van der Waals surface area contributed by atoms with Crippen molar-refractivity contribution in [1.29, 1.82) is 0 Å². The molecule has 20 heavy (non-hydrogen) atoms. The fourth-order valence-electron chi connectivity index (χ4n) is 2.45. The summed E-state index contributed by atoms with van der Waals surface area (Å²) in [5, 5.41) is 12.1. The van der Waals surface area contributed by atoms with Gasteiger partial charge in [0.15, 0.2) is 5.82 Å². The van der Waals surface area contributed by atoms with Crippen LogP contribution in [0.4, 0.5) is 5.82 Å². The van der Waals surface area contributed by atoms with Crippen LogP contribution < -0.4 is 10.2 Å². The van der Waals surface area contributed by atoms with Gasteiger partial charge in [-0.15, -0.1) is 10.2 Å². The molecule has 1 N–H and O–H groups in total. The van der Waals surface area contributed by atoms with Gasteiger partial charge in [-0.3, -0.25) is 0 Å². The zero-order valence-corrected chi connectivity index (χ0v) is 13.0. The number of benzene rings is 1. The van der Waals surface area contributed by atoms with E-state index in [4.69, 9.17) is 0 Å². The zero-order valence-electron chi connectivity index (χ0n) is 11.4. The van der Waals surface area contributed by atoms with Gasteiger partial charge in [0.2, 0.25) is 0 Å². The first-order chi connectivity index (χ1) is 9.74. The summed E-state index contributed by atoms with van der Waals surface area (Å²) in [4.78, 5) is 2.21. The topological polar surface area (TPSA) is 41.1 Å². The van der Waals surface area contributed by atoms with Crippen molar-refractivity contribution in [2.75, 3.05) is 25.0 Å². The van der Waals surface area contributed by atoms with E-state index >= 15 is 0 Å². The summed E-state index contributed by atoms with van der Waals surface area (Å²) in [6.07, 6.45) is 1.16. The van der Waals surface area contributed by atoms with Crippen LogP contribution in [-0.2, 0) is 0 Å². The van der Waals surface area contributed by atoms with Gasteiger partial charge in [0.05, 0.1) is 5.69 Å². The molecule has 5 heteroatoms. The normalized spacial score (nSPS) is 18.2. The number of halogens is 1. The predicted molar refractivity (Wildman–Crippen MR) is 84.8 cm³/mol. The number of aromatic nitrogens is 2. The number of nitrogens with one attached hydrogen (secondary N) is 1. The Morgan fingerprint density at radius 1 is 1.15 bits per heavy atom. The Kier molecular flexibility index (Phi) is 3.98. The molecule has 2 heterocycles. The molecule has 1 fully saturated rings. The first kappa shape index (κ1) is 13.5. The van der Waals surface area contributed by atoms with Gasteiger partial charge < -0.3 is 10.2 Å². The van der Waals surface area contributed by atoms with E-state index in [2.05, 4.69) is 43.4 Å². The van der Waals surface area contributed by atoms with Crippen LogP contribution in [0.5, 0.6) is 0 Å². The van der Waals surface area contributed by atoms with Crippen molar-refractivity contribution in [3.05, 3.63) is 40.9 Å². The van der Waals surface area contributed by atoms with Gasteiger partial charge in [-0.05, 0) is 37.2 Å². The van der Waals surface area contributed by atoms with Crippen LogP contribution in [0.3, 0.4) is 0 Å². The smallest absolute Gasteiger partial charge is 0.151 e. The van der Waals surface area contributed by atoms with E-state index in [9.17, 15) is 0 Å². The molecule has 1 atom stereocenters. The van der Waals surface area contributed by atoms with Crippen molar-refractivity contribution >= 4 is 21.7 Å². The van der Waals surface area contributed by atoms with Gasteiger partial charge in [0.25, 0.3) is 0 Å². The van der Waals surface area contributed by atoms with Crippen LogP contribution >= 0.6 is 15.9 Å². The average Bonchev–Trinajstić information content (AvgIpc) is 3.02. The van der Waals surface area contributed by atoms with E-state index in [-0.39, 0.29) is 0 Å². The molecule has 0 amide bonds. The van der Waals surface area contributed by atoms with E-state index < -0.39 is 0 Å². The molecule has 0 spiro atoms. The summed E-state index contributed by atoms with van der Waals surface area (Å²) in [6, 6.07) is 12.7. The third-order valence-corrected chi connectivity index (χ3v) is 4.26. The number of nitrogens with zero attached hydrogens (tertiary/aromatic N) is 3. The lowest BCUT2D eigenvalue weighted by Crippen LogP contribution is -2.34. The molecule has 0 radical (unpaired) electrons. The SMILES string of the molecule is CN(c1ccc(-c2ccc(Br)cc2)nn1)C1CCNC1. The van der Waals surface area contributed by atoms with Crippen LogP contribution in [-0.4, -0.2) is 36.4 Å². The quantitative estimate of drug-likeness (QED) is 0.938. The number of anilines is 1. The lowest BCUT2D eigenvalue weighted by Gasteiger charge is -2.24. The van der Waals surface area contributed by atoms with Crippen molar-refractivity contribution in [2.24, 2.45) is 0 Å². The largest absolute Gasteiger partial charge is 0.354 e. The second-order valence-corrected chi connectivity index (χ2v) is 5.96. The van der Waals surface area contributed by atoms with Crippen LogP contribution in [0.1, 0.15) is 6.42 Å². The Balaban J connectivity index is 1.78. The second kappa shape index (κ2) is 5.89. The predicted octanol–water partition coefficient (Wildman–Crippen LogP) is 2.70. The van der Waals surface area contributed by atoms with Crippen LogP contribution in [0, 0.1) is 0 Å². The highest BCUT2D eigenvalue weighted by atomic mass is 79.9. The molecule has 104 valence electrons. The van der Waals surface area contributed by atoms with Crippen LogP contribution in [0.15, 0.2) is 40.9 Å². The lowest BCUT2D eigenvalue weighted by molar-refractivity contribution is 0.673. The van der Waals surface area contributed by atoms with Gasteiger partial charge in [0.1, 0.15) is 0 Å². The summed E-state index contributed by atoms with van der Waals surface area (Å²) in [5.41, 5.74) is 1.98. The monoisotopic (exact) mass is 332 g/mol. The minimum Gasteiger partial charge on any atom is -0.354 e. The minimum atomic E-state index is 0.517. The van der Waals surface area contributed by atoms with E-state index in [0.29, 0.717) is 6.04 Å². The highest BCUT2D eigenvalue weighted by Crippen LogP contribution is 2.21. The molecule has 3 rings (SSSR count). The molecule has 4 nitrogen and oxygen atoms in total. The summed E-state index contributed by atoms with van der Waals surface area (Å²) in [7, 11) is 2.08. The molecular formula is C15H17BrN4. The first-order valence-electron chi connectivity index (χ1n) is 6.77. The number of hydrogen-bond donors (Lipinski definition) is 1. The Hall–Kier alpha value is -1.46. The van der Waals surface area contributed by atoms with Crippen molar-refractivity contribution in [2.45, 2.75) is 12.5 Å². The van der Waals surface area contributed by atoms with Crippen molar-refractivity contribution in [1.82, 2.24) is 15.5 Å². The number of likely N-dealkylation sites (N-methyl/N-ethyl adjacent to an activating group) is 1. The van der Waals surface area contributed by atoms with Gasteiger partial charge in [-0.1, -0.05) is 28.1 Å². The molecule has 0 aliphatic carbocycles. The molecular weight excluding hydrogens is 316 g/mol. The Morgan fingerprint density at radius 2 is 1.95 bits per heavy atom. The van der Waals surface area contributed by atoms with Gasteiger partial charge in [-0.25, -0.2) is 0 Å². The molecule has 0 saturated carbocycles. The lowest BCUT2D eigenvalue weighted by atomic mass is 10.1. The molecule has 1 aromatic carbocycles. The highest BCUT2D eigenvalue weighted by Gasteiger charge is 2.20. The second-order valence-electron chi connectivity index (χ2n) is 5.04. The van der Waals surface area contributed by atoms with Gasteiger partial charge in [-0.2, -0.15) is 0 Å². The zero-order chi connectivity index (χ0) is 13.9. The summed E-state index contributed by atoms with van der Waals surface area (Å²) < 4.78 is 1.07. The van der Waals surface area contributed by atoms with E-state index in [1.807, 2.05) is 36.4 Å². The maximum atomic E-state index is 4.36. The maximum Gasteiger partial charge on any atom is 0.151 e. The van der Waals surface area contributed by atoms with E-state index in [0.717, 1.165) is 41.1 Å². The third-order valence-electron chi connectivity index (χ3n) is 3.73. The molecule has 1 unspecified atom stereocenters. The van der Waals surface area contributed by atoms with Crippen LogP contribution in [0.2, 0.25) is 0 Å². The Bertz CT molecular complexity index is 561. The summed E-state index contributed by atoms with van der Waals surface area (Å²) in [5.74, 6) is 0.930. The first-order valence-corrected chi connectivity index (χ1v) is 7.56. The highest BCUT2D eigenvalue weighted by molar-refractivity contribution is 9.10. The third kappa shape index (κ3) is 2.83. The van der Waals surface area contributed by atoms with Crippen LogP contribution in [0.25, 0.3) is 11.3 Å². The van der Waals surface area contributed by atoms with Crippen molar-refractivity contribution in [3.63, 3.8) is 0 Å². The maximum absolute atomic E-state index is 4.36. The van der Waals surface area contributed by atoms with Gasteiger partial charge >= 0.3 is 0 Å². The van der Waals surface area contributed by atoms with E-state index in [1.165, 1.54) is 0 Å². The van der Waals surface area contributed by atoms with Crippen molar-refractivity contribution in [3.8, 4) is 11.3 Å². The minimum absolute atomic E-state index is 0.517. The molecule has 1 aliphatic rings. The molecule has 2 aromatic rings. The summed E-state index contributed by atoms with van der Waals surface area (Å²) in [6.45, 7) is 2.10. The average molecular weight is 333 g/mol. The van der Waals surface area contributed by atoms with Gasteiger partial charge in [0, 0.05) is 29.7 Å². The van der Waals surface area contributed by atoms with Crippen molar-refractivity contribution < 1.29 is 0 Å². The molecule has 0 bridgehead atoms. The molecule has 1 saturated heterocycles. The Morgan fingerprint density at radius 3 is 2.55 bits per heavy atom. The standard InChI is InChI=1S/C15H17BrN4/c1-20(13-8-9-17-10-13)15-7-6-14(18-19-15)11-2-4-12(16)5-3-11/h2-7,13,17H,8-10H2,1H3. The fourth-order valence-corrected chi connectivity index (χ4v) is 2.71. The summed E-state index contributed by atoms with van der Waals surface area (Å²) >= 11 is 3.44. The molecule has 1 aromatic heterocycles. The molecule has 1 aliphatic heterocycles. The Labute approximate surface area is 127 Å². The fraction of sp³-hybridized carbons (Fsp3) is 0.333. The number of hydrogen-bond acceptors (Lipinski definition) is 4.